The lowest BCUT2D eigenvalue weighted by Gasteiger charge is -2.17. The minimum absolute atomic E-state index is 0.0435. The normalized spacial score (nSPS) is 21.1. The summed E-state index contributed by atoms with van der Waals surface area (Å²) in [6.07, 6.45) is 6.66. The Bertz CT molecular complexity index is 818. The third kappa shape index (κ3) is 3.85. The molecule has 0 radical (unpaired) electrons. The second-order valence-corrected chi connectivity index (χ2v) is 7.21. The van der Waals surface area contributed by atoms with Gasteiger partial charge in [0.05, 0.1) is 12.3 Å². The Morgan fingerprint density at radius 1 is 1.11 bits per heavy atom. The van der Waals surface area contributed by atoms with E-state index < -0.39 is 0 Å². The van der Waals surface area contributed by atoms with E-state index in [2.05, 4.69) is 27.7 Å². The third-order valence-electron chi connectivity index (χ3n) is 5.40. The number of amides is 1. The summed E-state index contributed by atoms with van der Waals surface area (Å²) >= 11 is 0. The number of nitrogens with zero attached hydrogens (tertiary/aromatic N) is 3. The lowest BCUT2D eigenvalue weighted by molar-refractivity contribution is 0.0784. The van der Waals surface area contributed by atoms with Gasteiger partial charge in [-0.1, -0.05) is 24.3 Å². The number of carbonyl (C=O) groups excluding carboxylic acids is 1. The quantitative estimate of drug-likeness (QED) is 0.798. The van der Waals surface area contributed by atoms with Crippen molar-refractivity contribution in [2.24, 2.45) is 11.8 Å². The Morgan fingerprint density at radius 3 is 2.56 bits per heavy atom. The molecule has 6 heteroatoms. The number of hydrogen-bond acceptors (Lipinski definition) is 5. The van der Waals surface area contributed by atoms with Gasteiger partial charge in [-0.05, 0) is 48.9 Å². The van der Waals surface area contributed by atoms with Gasteiger partial charge in [-0.25, -0.2) is 0 Å². The maximum absolute atomic E-state index is 13.0. The summed E-state index contributed by atoms with van der Waals surface area (Å²) in [5, 5.41) is 20.2. The lowest BCUT2D eigenvalue weighted by Crippen LogP contribution is -2.29. The fourth-order valence-electron chi connectivity index (χ4n) is 3.94. The van der Waals surface area contributed by atoms with Crippen molar-refractivity contribution < 1.29 is 9.90 Å². The van der Waals surface area contributed by atoms with Crippen LogP contribution < -0.4 is 5.32 Å². The minimum atomic E-state index is 0.0435. The molecule has 1 aliphatic heterocycles. The number of fused-ring (bicyclic) bond motifs is 1. The van der Waals surface area contributed by atoms with Crippen molar-refractivity contribution >= 4 is 11.7 Å². The fraction of sp³-hybridized carbons (Fsp3) is 0.381. The molecule has 0 bridgehead atoms. The Balaban J connectivity index is 1.48. The van der Waals surface area contributed by atoms with E-state index in [0.29, 0.717) is 29.8 Å². The molecule has 2 atom stereocenters. The first-order chi connectivity index (χ1) is 13.2. The zero-order chi connectivity index (χ0) is 18.6. The van der Waals surface area contributed by atoms with E-state index in [9.17, 15) is 4.79 Å². The summed E-state index contributed by atoms with van der Waals surface area (Å²) in [4.78, 5) is 15.0. The molecule has 1 amide bonds. The van der Waals surface area contributed by atoms with Gasteiger partial charge in [0.25, 0.3) is 5.91 Å². The molecule has 2 aromatic rings. The predicted octanol–water partition coefficient (Wildman–Crippen LogP) is 2.59. The van der Waals surface area contributed by atoms with Crippen molar-refractivity contribution in [2.45, 2.75) is 12.8 Å². The Morgan fingerprint density at radius 2 is 1.89 bits per heavy atom. The minimum Gasteiger partial charge on any atom is -0.395 e. The number of likely N-dealkylation sites (tertiary alicyclic amines) is 1. The van der Waals surface area contributed by atoms with Crippen LogP contribution in [0.5, 0.6) is 0 Å². The molecule has 1 saturated heterocycles. The average Bonchev–Trinajstić information content (AvgIpc) is 3.16. The number of aliphatic hydroxyl groups excluding tert-OH is 1. The highest BCUT2D eigenvalue weighted by Gasteiger charge is 2.35. The van der Waals surface area contributed by atoms with Crippen molar-refractivity contribution in [1.82, 2.24) is 15.1 Å². The first kappa shape index (κ1) is 17.7. The van der Waals surface area contributed by atoms with Gasteiger partial charge in [0.15, 0.2) is 0 Å². The summed E-state index contributed by atoms with van der Waals surface area (Å²) in [6, 6.07) is 11.3. The zero-order valence-corrected chi connectivity index (χ0v) is 15.2. The van der Waals surface area contributed by atoms with E-state index in [0.717, 1.165) is 37.2 Å². The van der Waals surface area contributed by atoms with Gasteiger partial charge in [-0.2, -0.15) is 0 Å². The van der Waals surface area contributed by atoms with E-state index in [1.807, 2.05) is 41.3 Å². The van der Waals surface area contributed by atoms with E-state index >= 15 is 0 Å². The number of benzene rings is 1. The van der Waals surface area contributed by atoms with Gasteiger partial charge in [0, 0.05) is 30.8 Å². The number of aromatic nitrogens is 2. The van der Waals surface area contributed by atoms with Crippen LogP contribution in [0, 0.1) is 11.8 Å². The van der Waals surface area contributed by atoms with Gasteiger partial charge in [0.1, 0.15) is 5.82 Å². The van der Waals surface area contributed by atoms with Crippen molar-refractivity contribution in [2.75, 3.05) is 31.6 Å². The number of allylic oxidation sites excluding steroid dienone is 2. The van der Waals surface area contributed by atoms with Crippen LogP contribution in [0.4, 0.5) is 5.82 Å². The molecule has 1 aromatic carbocycles. The highest BCUT2D eigenvalue weighted by atomic mass is 16.3. The largest absolute Gasteiger partial charge is 0.395 e. The van der Waals surface area contributed by atoms with E-state index in [4.69, 9.17) is 5.11 Å². The first-order valence-electron chi connectivity index (χ1n) is 9.48. The molecule has 27 heavy (non-hydrogen) atoms. The Labute approximate surface area is 158 Å². The molecule has 140 valence electrons. The number of rotatable bonds is 5. The third-order valence-corrected chi connectivity index (χ3v) is 5.40. The molecular weight excluding hydrogens is 340 g/mol. The zero-order valence-electron chi connectivity index (χ0n) is 15.2. The van der Waals surface area contributed by atoms with Crippen LogP contribution in [0.25, 0.3) is 11.3 Å². The molecule has 0 saturated carbocycles. The molecule has 2 aliphatic rings. The molecule has 2 heterocycles. The second-order valence-electron chi connectivity index (χ2n) is 7.21. The van der Waals surface area contributed by atoms with Crippen molar-refractivity contribution in [3.05, 3.63) is 54.1 Å². The number of aliphatic hydroxyl groups is 1. The average molecular weight is 364 g/mol. The summed E-state index contributed by atoms with van der Waals surface area (Å²) in [5.74, 6) is 1.92. The monoisotopic (exact) mass is 364 g/mol. The van der Waals surface area contributed by atoms with Crippen LogP contribution in [0.3, 0.4) is 0 Å². The standard InChI is InChI=1S/C21H24N4O2/c26-11-10-22-20-9-8-19(23-24-20)15-6-3-7-16(12-15)21(27)25-13-17-4-1-2-5-18(17)14-25/h1-3,6-9,12,17-18,26H,4-5,10-11,13-14H2,(H,22,24)/t17-,18+. The fourth-order valence-corrected chi connectivity index (χ4v) is 3.94. The van der Waals surface area contributed by atoms with E-state index in [1.165, 1.54) is 0 Å². The molecule has 1 aliphatic carbocycles. The molecule has 0 spiro atoms. The predicted molar refractivity (Wildman–Crippen MR) is 104 cm³/mol. The van der Waals surface area contributed by atoms with Crippen LogP contribution in [-0.2, 0) is 0 Å². The van der Waals surface area contributed by atoms with E-state index in [-0.39, 0.29) is 12.5 Å². The maximum Gasteiger partial charge on any atom is 0.253 e. The molecule has 1 fully saturated rings. The van der Waals surface area contributed by atoms with Crippen LogP contribution in [-0.4, -0.2) is 52.4 Å². The van der Waals surface area contributed by atoms with Crippen LogP contribution in [0.2, 0.25) is 0 Å². The first-order valence-corrected chi connectivity index (χ1v) is 9.48. The highest BCUT2D eigenvalue weighted by Crippen LogP contribution is 2.33. The number of anilines is 1. The number of carbonyl (C=O) groups is 1. The van der Waals surface area contributed by atoms with Gasteiger partial charge >= 0.3 is 0 Å². The number of hydrogen-bond donors (Lipinski definition) is 2. The summed E-state index contributed by atoms with van der Waals surface area (Å²) in [7, 11) is 0. The molecule has 1 aromatic heterocycles. The van der Waals surface area contributed by atoms with Crippen LogP contribution in [0.15, 0.2) is 48.6 Å². The van der Waals surface area contributed by atoms with Crippen LogP contribution >= 0.6 is 0 Å². The molecule has 4 rings (SSSR count). The number of nitrogens with one attached hydrogen (secondary N) is 1. The SMILES string of the molecule is O=C(c1cccc(-c2ccc(NCCO)nn2)c1)N1C[C@H]2CC=CC[C@H]2C1. The molecule has 6 nitrogen and oxygen atoms in total. The lowest BCUT2D eigenvalue weighted by atomic mass is 9.86. The van der Waals surface area contributed by atoms with E-state index in [1.54, 1.807) is 0 Å². The Hall–Kier alpha value is -2.73. The molecule has 2 N–H and O–H groups in total. The smallest absolute Gasteiger partial charge is 0.253 e. The maximum atomic E-state index is 13.0. The molecule has 0 unspecified atom stereocenters. The van der Waals surface area contributed by atoms with Gasteiger partial charge < -0.3 is 15.3 Å². The van der Waals surface area contributed by atoms with Gasteiger partial charge in [-0.3, -0.25) is 4.79 Å². The Kier molecular flexibility index (Phi) is 5.16. The summed E-state index contributed by atoms with van der Waals surface area (Å²) in [5.41, 5.74) is 2.29. The van der Waals surface area contributed by atoms with Crippen molar-refractivity contribution in [3.63, 3.8) is 0 Å². The van der Waals surface area contributed by atoms with Gasteiger partial charge in [0.2, 0.25) is 0 Å². The van der Waals surface area contributed by atoms with Crippen molar-refractivity contribution in [3.8, 4) is 11.3 Å². The summed E-state index contributed by atoms with van der Waals surface area (Å²) < 4.78 is 0. The second kappa shape index (κ2) is 7.88. The highest BCUT2D eigenvalue weighted by molar-refractivity contribution is 5.95. The van der Waals surface area contributed by atoms with Crippen molar-refractivity contribution in [1.29, 1.82) is 0 Å². The molecular formula is C21H24N4O2. The summed E-state index contributed by atoms with van der Waals surface area (Å²) in [6.45, 7) is 2.18. The van der Waals surface area contributed by atoms with Crippen LogP contribution in [0.1, 0.15) is 23.2 Å². The van der Waals surface area contributed by atoms with Gasteiger partial charge in [-0.15, -0.1) is 10.2 Å². The topological polar surface area (TPSA) is 78.3 Å².